The zero-order chi connectivity index (χ0) is 17.0. The minimum absolute atomic E-state index is 0.00422. The molecule has 0 aromatic heterocycles. The highest BCUT2D eigenvalue weighted by molar-refractivity contribution is 7.80. The fraction of sp³-hybridized carbons (Fsp3) is 0.562. The maximum absolute atomic E-state index is 11.9. The van der Waals surface area contributed by atoms with Gasteiger partial charge in [-0.25, -0.2) is 0 Å². The van der Waals surface area contributed by atoms with Crippen molar-refractivity contribution in [3.05, 3.63) is 24.3 Å². The highest BCUT2D eigenvalue weighted by Gasteiger charge is 2.37. The molecule has 0 radical (unpaired) electrons. The summed E-state index contributed by atoms with van der Waals surface area (Å²) >= 11 is 4.78. The Morgan fingerprint density at radius 1 is 1.35 bits per heavy atom. The number of carbonyl (C=O) groups excluding carboxylic acids is 2. The minimum Gasteiger partial charge on any atom is -0.390 e. The number of carbonyl (C=O) groups is 2. The van der Waals surface area contributed by atoms with Crippen molar-refractivity contribution < 1.29 is 19.4 Å². The molecule has 3 N–H and O–H groups in total. The predicted molar refractivity (Wildman–Crippen MR) is 89.4 cm³/mol. The van der Waals surface area contributed by atoms with Crippen molar-refractivity contribution in [2.75, 3.05) is 6.61 Å². The van der Waals surface area contributed by atoms with Gasteiger partial charge in [0, 0.05) is 6.61 Å². The molecule has 0 spiro atoms. The molecule has 23 heavy (non-hydrogen) atoms. The van der Waals surface area contributed by atoms with Gasteiger partial charge in [-0.05, 0) is 50.2 Å². The standard InChI is InChI=1S/C16H22N2O4S/c1-3-5-10-6-9(8-12(13(10)19)22-4-2)7-11-14(20)17-16(23)18-15(11)21/h3,7,9-10,12-13,19H,1,4-6,8H2,2H3,(H2,17,18,20,21,23). The van der Waals surface area contributed by atoms with Crippen LogP contribution in [0, 0.1) is 11.8 Å². The maximum atomic E-state index is 11.9. The number of nitrogens with one attached hydrogen (secondary N) is 2. The molecule has 7 heteroatoms. The highest BCUT2D eigenvalue weighted by atomic mass is 32.1. The zero-order valence-corrected chi connectivity index (χ0v) is 13.9. The lowest BCUT2D eigenvalue weighted by molar-refractivity contribution is -0.123. The topological polar surface area (TPSA) is 87.7 Å². The van der Waals surface area contributed by atoms with E-state index in [9.17, 15) is 14.7 Å². The number of amides is 2. The van der Waals surface area contributed by atoms with Gasteiger partial charge >= 0.3 is 0 Å². The fourth-order valence-corrected chi connectivity index (χ4v) is 3.38. The first kappa shape index (κ1) is 17.8. The van der Waals surface area contributed by atoms with E-state index < -0.39 is 17.9 Å². The average Bonchev–Trinajstić information content (AvgIpc) is 2.48. The molecule has 1 saturated heterocycles. The summed E-state index contributed by atoms with van der Waals surface area (Å²) in [7, 11) is 0. The Balaban J connectivity index is 2.18. The molecule has 0 aromatic rings. The summed E-state index contributed by atoms with van der Waals surface area (Å²) in [6.45, 7) is 6.10. The van der Waals surface area contributed by atoms with Gasteiger partial charge in [-0.2, -0.15) is 0 Å². The van der Waals surface area contributed by atoms with E-state index >= 15 is 0 Å². The predicted octanol–water partition coefficient (Wildman–Crippen LogP) is 0.812. The van der Waals surface area contributed by atoms with E-state index in [1.807, 2.05) is 6.92 Å². The van der Waals surface area contributed by atoms with Crippen molar-refractivity contribution in [1.29, 1.82) is 0 Å². The third-order valence-corrected chi connectivity index (χ3v) is 4.40. The van der Waals surface area contributed by atoms with Gasteiger partial charge in [0.2, 0.25) is 0 Å². The zero-order valence-electron chi connectivity index (χ0n) is 13.1. The van der Waals surface area contributed by atoms with E-state index in [2.05, 4.69) is 17.2 Å². The molecule has 126 valence electrons. The summed E-state index contributed by atoms with van der Waals surface area (Å²) in [4.78, 5) is 23.9. The van der Waals surface area contributed by atoms with Crippen LogP contribution in [-0.4, -0.2) is 40.8 Å². The van der Waals surface area contributed by atoms with Crippen LogP contribution in [0.1, 0.15) is 26.2 Å². The molecule has 0 aromatic carbocycles. The third-order valence-electron chi connectivity index (χ3n) is 4.20. The van der Waals surface area contributed by atoms with Gasteiger partial charge in [0.05, 0.1) is 12.2 Å². The lowest BCUT2D eigenvalue weighted by Gasteiger charge is -2.38. The molecule has 1 heterocycles. The quantitative estimate of drug-likeness (QED) is 0.299. The van der Waals surface area contributed by atoms with Gasteiger partial charge in [0.1, 0.15) is 5.57 Å². The Hall–Kier alpha value is -1.57. The van der Waals surface area contributed by atoms with E-state index in [1.54, 1.807) is 12.2 Å². The number of ether oxygens (including phenoxy) is 1. The number of rotatable bonds is 5. The summed E-state index contributed by atoms with van der Waals surface area (Å²) < 4.78 is 5.63. The van der Waals surface area contributed by atoms with E-state index in [0.717, 1.165) is 0 Å². The van der Waals surface area contributed by atoms with E-state index in [4.69, 9.17) is 17.0 Å². The normalized spacial score (nSPS) is 31.4. The molecular formula is C16H22N2O4S. The van der Waals surface area contributed by atoms with Crippen molar-refractivity contribution in [3.63, 3.8) is 0 Å². The van der Waals surface area contributed by atoms with Gasteiger partial charge < -0.3 is 9.84 Å². The number of thiocarbonyl (C=S) groups is 1. The molecule has 1 saturated carbocycles. The molecule has 1 aliphatic carbocycles. The summed E-state index contributed by atoms with van der Waals surface area (Å²) in [5.41, 5.74) is 0.0626. The van der Waals surface area contributed by atoms with Gasteiger partial charge in [0.15, 0.2) is 5.11 Å². The number of aliphatic hydroxyl groups excluding tert-OH is 1. The average molecular weight is 338 g/mol. The van der Waals surface area contributed by atoms with Crippen LogP contribution in [0.2, 0.25) is 0 Å². The lowest BCUT2D eigenvalue weighted by atomic mass is 9.75. The third kappa shape index (κ3) is 4.25. The first-order valence-corrected chi connectivity index (χ1v) is 8.16. The van der Waals surface area contributed by atoms with Crippen molar-refractivity contribution in [2.45, 2.75) is 38.4 Å². The Labute approximate surface area is 141 Å². The van der Waals surface area contributed by atoms with Crippen LogP contribution in [0.5, 0.6) is 0 Å². The highest BCUT2D eigenvalue weighted by Crippen LogP contribution is 2.35. The SMILES string of the molecule is C=CCC1CC(C=C2C(=O)NC(=S)NC2=O)CC(OCC)C1O. The van der Waals surface area contributed by atoms with Gasteiger partial charge in [-0.3, -0.25) is 20.2 Å². The Morgan fingerprint density at radius 3 is 2.57 bits per heavy atom. The van der Waals surface area contributed by atoms with Crippen molar-refractivity contribution in [2.24, 2.45) is 11.8 Å². The Bertz CT molecular complexity index is 524. The fourth-order valence-electron chi connectivity index (χ4n) is 3.19. The monoisotopic (exact) mass is 338 g/mol. The van der Waals surface area contributed by atoms with Gasteiger partial charge in [0.25, 0.3) is 11.8 Å². The minimum atomic E-state index is -0.566. The molecule has 1 aliphatic heterocycles. The summed E-state index contributed by atoms with van der Waals surface area (Å²) in [5.74, 6) is -1.01. The molecule has 2 amide bonds. The molecule has 4 atom stereocenters. The number of aliphatic hydroxyl groups is 1. The second kappa shape index (κ2) is 7.81. The number of hydrogen-bond acceptors (Lipinski definition) is 5. The molecule has 2 aliphatic rings. The smallest absolute Gasteiger partial charge is 0.262 e. The maximum Gasteiger partial charge on any atom is 0.262 e. The van der Waals surface area contributed by atoms with Crippen LogP contribution >= 0.6 is 12.2 Å². The second-order valence-corrected chi connectivity index (χ2v) is 6.23. The van der Waals surface area contributed by atoms with Crippen LogP contribution in [-0.2, 0) is 14.3 Å². The van der Waals surface area contributed by atoms with Crippen LogP contribution in [0.25, 0.3) is 0 Å². The molecule has 6 nitrogen and oxygen atoms in total. The number of allylic oxidation sites excluding steroid dienone is 2. The lowest BCUT2D eigenvalue weighted by Crippen LogP contribution is -2.51. The van der Waals surface area contributed by atoms with E-state index in [-0.39, 0.29) is 28.6 Å². The summed E-state index contributed by atoms with van der Waals surface area (Å²) in [6, 6.07) is 0. The van der Waals surface area contributed by atoms with Gasteiger partial charge in [-0.15, -0.1) is 6.58 Å². The Kier molecular flexibility index (Phi) is 6.04. The second-order valence-electron chi connectivity index (χ2n) is 5.82. The Morgan fingerprint density at radius 2 is 2.00 bits per heavy atom. The van der Waals surface area contributed by atoms with E-state index in [1.165, 1.54) is 0 Å². The summed E-state index contributed by atoms with van der Waals surface area (Å²) in [5, 5.41) is 15.3. The van der Waals surface area contributed by atoms with E-state index in [0.29, 0.717) is 25.9 Å². The molecular weight excluding hydrogens is 316 g/mol. The molecule has 2 fully saturated rings. The van der Waals surface area contributed by atoms with Crippen molar-refractivity contribution in [1.82, 2.24) is 10.6 Å². The molecule has 4 unspecified atom stereocenters. The van der Waals surface area contributed by atoms with Crippen LogP contribution < -0.4 is 10.6 Å². The first-order valence-electron chi connectivity index (χ1n) is 7.75. The summed E-state index contributed by atoms with van der Waals surface area (Å²) in [6.07, 6.45) is 4.46. The number of hydrogen-bond donors (Lipinski definition) is 3. The van der Waals surface area contributed by atoms with Crippen molar-refractivity contribution >= 4 is 29.1 Å². The van der Waals surface area contributed by atoms with Crippen LogP contribution in [0.3, 0.4) is 0 Å². The largest absolute Gasteiger partial charge is 0.390 e. The molecule has 2 rings (SSSR count). The molecule has 0 bridgehead atoms. The van der Waals surface area contributed by atoms with Gasteiger partial charge in [-0.1, -0.05) is 12.2 Å². The van der Waals surface area contributed by atoms with Crippen LogP contribution in [0.4, 0.5) is 0 Å². The van der Waals surface area contributed by atoms with Crippen LogP contribution in [0.15, 0.2) is 24.3 Å². The first-order chi connectivity index (χ1) is 11.0. The van der Waals surface area contributed by atoms with Crippen molar-refractivity contribution in [3.8, 4) is 0 Å².